The van der Waals surface area contributed by atoms with Gasteiger partial charge in [0.2, 0.25) is 11.8 Å². The summed E-state index contributed by atoms with van der Waals surface area (Å²) < 4.78 is 7.30. The maximum absolute atomic E-state index is 14.2. The Labute approximate surface area is 297 Å². The summed E-state index contributed by atoms with van der Waals surface area (Å²) >= 11 is 0. The Morgan fingerprint density at radius 3 is 2.25 bits per heavy atom. The van der Waals surface area contributed by atoms with Crippen LogP contribution in [-0.4, -0.2) is 87.8 Å². The van der Waals surface area contributed by atoms with E-state index in [0.717, 1.165) is 42.1 Å². The molecular formula is C36H49N7O8. The first kappa shape index (κ1) is 38.6. The van der Waals surface area contributed by atoms with E-state index in [2.05, 4.69) is 25.8 Å². The quantitative estimate of drug-likeness (QED) is 0.0817. The highest BCUT2D eigenvalue weighted by atomic mass is 16.9. The third-order valence-electron chi connectivity index (χ3n) is 8.72. The van der Waals surface area contributed by atoms with Crippen molar-refractivity contribution in [1.82, 2.24) is 30.4 Å². The van der Waals surface area contributed by atoms with E-state index in [1.165, 1.54) is 0 Å². The van der Waals surface area contributed by atoms with Gasteiger partial charge in [-0.2, -0.15) is 0 Å². The fraction of sp³-hybridized carbons (Fsp3) is 0.528. The van der Waals surface area contributed by atoms with E-state index in [0.29, 0.717) is 25.2 Å². The highest BCUT2D eigenvalue weighted by Gasteiger charge is 2.32. The maximum Gasteiger partial charge on any atom is 0.329 e. The van der Waals surface area contributed by atoms with Crippen LogP contribution in [0.3, 0.4) is 0 Å². The standard InChI is InChI=1S/C36H49N7O8/c1-25(2)21-29(40-36(47)42-17-10-4-5-11-18-42)33(44)38-30(22-26-24-41(3)32-15-7-6-14-28(26)32)34(45)39-31(23-27-13-8-9-16-37-27)35(46)50-19-12-20-51-43(48)49/h6-9,13-16,24-25,29-31H,4-5,10-12,17-23H2,1-3H3,(H,38,44)(H,39,45)(H,40,47). The molecule has 0 aliphatic carbocycles. The molecule has 276 valence electrons. The molecular weight excluding hydrogens is 658 g/mol. The van der Waals surface area contributed by atoms with Crippen molar-refractivity contribution in [1.29, 1.82) is 0 Å². The van der Waals surface area contributed by atoms with E-state index in [1.54, 1.807) is 29.3 Å². The largest absolute Gasteiger partial charge is 0.464 e. The highest BCUT2D eigenvalue weighted by Crippen LogP contribution is 2.22. The van der Waals surface area contributed by atoms with Crippen LogP contribution in [-0.2, 0) is 43.8 Å². The van der Waals surface area contributed by atoms with Gasteiger partial charge < -0.3 is 35.0 Å². The lowest BCUT2D eigenvalue weighted by Gasteiger charge is -2.28. The number of urea groups is 1. The van der Waals surface area contributed by atoms with Crippen LogP contribution in [0.4, 0.5) is 4.79 Å². The van der Waals surface area contributed by atoms with Crippen LogP contribution in [0.25, 0.3) is 10.9 Å². The van der Waals surface area contributed by atoms with Crippen LogP contribution in [0, 0.1) is 16.0 Å². The summed E-state index contributed by atoms with van der Waals surface area (Å²) in [5.41, 5.74) is 2.26. The van der Waals surface area contributed by atoms with E-state index in [4.69, 9.17) is 4.74 Å². The number of esters is 1. The number of para-hydroxylation sites is 1. The molecule has 1 fully saturated rings. The smallest absolute Gasteiger partial charge is 0.329 e. The molecule has 15 heteroatoms. The van der Waals surface area contributed by atoms with Crippen molar-refractivity contribution in [3.63, 3.8) is 0 Å². The number of rotatable bonds is 17. The average molecular weight is 708 g/mol. The van der Waals surface area contributed by atoms with E-state index >= 15 is 0 Å². The Morgan fingerprint density at radius 1 is 0.882 bits per heavy atom. The number of amides is 4. The molecule has 1 saturated heterocycles. The zero-order valence-corrected chi connectivity index (χ0v) is 29.5. The summed E-state index contributed by atoms with van der Waals surface area (Å²) in [6.45, 7) is 4.70. The summed E-state index contributed by atoms with van der Waals surface area (Å²) in [6.07, 6.45) is 7.87. The number of likely N-dealkylation sites (tertiary alicyclic amines) is 1. The first-order valence-corrected chi connectivity index (χ1v) is 17.5. The van der Waals surface area contributed by atoms with Crippen molar-refractivity contribution in [3.8, 4) is 0 Å². The number of carbonyl (C=O) groups is 4. The predicted molar refractivity (Wildman–Crippen MR) is 189 cm³/mol. The Kier molecular flexibility index (Phi) is 14.6. The van der Waals surface area contributed by atoms with E-state index in [9.17, 15) is 29.3 Å². The van der Waals surface area contributed by atoms with Crippen LogP contribution in [0.15, 0.2) is 54.9 Å². The lowest BCUT2D eigenvalue weighted by Crippen LogP contribution is -2.58. The number of fused-ring (bicyclic) bond motifs is 1. The molecule has 4 amide bonds. The molecule has 1 aromatic carbocycles. The lowest BCUT2D eigenvalue weighted by molar-refractivity contribution is -0.757. The van der Waals surface area contributed by atoms with Gasteiger partial charge in [0.05, 0.1) is 13.2 Å². The zero-order chi connectivity index (χ0) is 36.8. The number of nitrogens with one attached hydrogen (secondary N) is 3. The number of hydrogen-bond donors (Lipinski definition) is 3. The summed E-state index contributed by atoms with van der Waals surface area (Å²) in [7, 11) is 1.89. The summed E-state index contributed by atoms with van der Waals surface area (Å²) in [5.74, 6) is -1.86. The van der Waals surface area contributed by atoms with Crippen LogP contribution >= 0.6 is 0 Å². The van der Waals surface area contributed by atoms with Crippen molar-refractivity contribution >= 4 is 34.7 Å². The maximum atomic E-state index is 14.2. The molecule has 51 heavy (non-hydrogen) atoms. The molecule has 4 rings (SSSR count). The molecule has 3 aromatic rings. The number of aryl methyl sites for hydroxylation is 1. The van der Waals surface area contributed by atoms with Crippen molar-refractivity contribution < 1.29 is 33.8 Å². The van der Waals surface area contributed by atoms with Gasteiger partial charge in [0.1, 0.15) is 18.1 Å². The van der Waals surface area contributed by atoms with E-state index in [-0.39, 0.29) is 44.4 Å². The third-order valence-corrected chi connectivity index (χ3v) is 8.72. The number of aromatic nitrogens is 2. The summed E-state index contributed by atoms with van der Waals surface area (Å²) in [4.78, 5) is 75.6. The average Bonchev–Trinajstić information content (AvgIpc) is 3.24. The topological polar surface area (TPSA) is 187 Å². The van der Waals surface area contributed by atoms with Crippen molar-refractivity contribution in [2.75, 3.05) is 26.3 Å². The molecule has 3 unspecified atom stereocenters. The molecule has 0 bridgehead atoms. The Bertz CT molecular complexity index is 1620. The molecule has 0 radical (unpaired) electrons. The molecule has 2 aromatic heterocycles. The molecule has 15 nitrogen and oxygen atoms in total. The molecule has 3 atom stereocenters. The van der Waals surface area contributed by atoms with Gasteiger partial charge >= 0.3 is 12.0 Å². The fourth-order valence-corrected chi connectivity index (χ4v) is 6.17. The minimum absolute atomic E-state index is 0.00634. The predicted octanol–water partition coefficient (Wildman–Crippen LogP) is 3.47. The summed E-state index contributed by atoms with van der Waals surface area (Å²) in [6, 6.07) is 9.34. The SMILES string of the molecule is CC(C)CC(NC(=O)N1CCCCCC1)C(=O)NC(Cc1cn(C)c2ccccc12)C(=O)NC(Cc1ccccn1)C(=O)OCCCO[N+](=O)[O-]. The van der Waals surface area contributed by atoms with E-state index in [1.807, 2.05) is 55.9 Å². The Balaban J connectivity index is 1.58. The number of carbonyl (C=O) groups excluding carboxylic acids is 4. The zero-order valence-electron chi connectivity index (χ0n) is 29.5. The van der Waals surface area contributed by atoms with E-state index < -0.39 is 41.0 Å². The normalized spacial score (nSPS) is 14.9. The van der Waals surface area contributed by atoms with Gasteiger partial charge in [0.25, 0.3) is 5.09 Å². The van der Waals surface area contributed by atoms with Crippen molar-refractivity contribution in [2.45, 2.75) is 83.3 Å². The van der Waals surface area contributed by atoms with Gasteiger partial charge in [-0.1, -0.05) is 51.0 Å². The van der Waals surface area contributed by atoms with Gasteiger partial charge in [0.15, 0.2) is 0 Å². The summed E-state index contributed by atoms with van der Waals surface area (Å²) in [5, 5.41) is 19.0. The lowest BCUT2D eigenvalue weighted by atomic mass is 10.0. The molecule has 0 saturated carbocycles. The second kappa shape index (κ2) is 19.3. The third kappa shape index (κ3) is 12.0. The second-order valence-electron chi connectivity index (χ2n) is 13.2. The number of nitrogens with zero attached hydrogens (tertiary/aromatic N) is 4. The number of ether oxygens (including phenoxy) is 1. The highest BCUT2D eigenvalue weighted by molar-refractivity contribution is 5.94. The number of benzene rings is 1. The van der Waals surface area contributed by atoms with Crippen molar-refractivity contribution in [2.24, 2.45) is 13.0 Å². The van der Waals surface area contributed by atoms with Gasteiger partial charge in [-0.25, -0.2) is 9.59 Å². The van der Waals surface area contributed by atoms with Gasteiger partial charge in [-0.15, -0.1) is 10.1 Å². The van der Waals surface area contributed by atoms with Gasteiger partial charge in [-0.3, -0.25) is 14.6 Å². The monoisotopic (exact) mass is 707 g/mol. The number of pyridine rings is 1. The van der Waals surface area contributed by atoms with Gasteiger partial charge in [-0.05, 0) is 48.9 Å². The second-order valence-corrected chi connectivity index (χ2v) is 13.2. The fourth-order valence-electron chi connectivity index (χ4n) is 6.17. The molecule has 3 heterocycles. The first-order valence-electron chi connectivity index (χ1n) is 17.5. The molecule has 0 spiro atoms. The minimum atomic E-state index is -1.19. The van der Waals surface area contributed by atoms with Crippen molar-refractivity contribution in [3.05, 3.63) is 76.2 Å². The minimum Gasteiger partial charge on any atom is -0.464 e. The number of hydrogen-bond acceptors (Lipinski definition) is 9. The van der Waals surface area contributed by atoms with Gasteiger partial charge in [0, 0.05) is 68.4 Å². The Morgan fingerprint density at radius 2 is 1.57 bits per heavy atom. The van der Waals surface area contributed by atoms with Crippen LogP contribution in [0.1, 0.15) is 63.6 Å². The molecule has 3 N–H and O–H groups in total. The molecule has 1 aliphatic rings. The van der Waals surface area contributed by atoms with Crippen LogP contribution < -0.4 is 16.0 Å². The Hall–Kier alpha value is -5.21. The van der Waals surface area contributed by atoms with Crippen LogP contribution in [0.5, 0.6) is 0 Å². The first-order chi connectivity index (χ1) is 24.5. The molecule has 1 aliphatic heterocycles. The van der Waals surface area contributed by atoms with Crippen LogP contribution in [0.2, 0.25) is 0 Å².